The van der Waals surface area contributed by atoms with Crippen LogP contribution in [0.2, 0.25) is 0 Å². The first-order chi connectivity index (χ1) is 15.6. The fraction of sp³-hybridized carbons (Fsp3) is 0.292. The number of hydrogen-bond acceptors (Lipinski definition) is 6. The lowest BCUT2D eigenvalue weighted by Crippen LogP contribution is -2.28. The van der Waals surface area contributed by atoms with E-state index in [1.165, 1.54) is 12.8 Å². The van der Waals surface area contributed by atoms with Crippen LogP contribution in [-0.4, -0.2) is 36.2 Å². The number of nitrogens with one attached hydrogen (secondary N) is 2. The van der Waals surface area contributed by atoms with Crippen LogP contribution in [0.5, 0.6) is 17.4 Å². The number of carbonyl (C=O) groups is 1. The summed E-state index contributed by atoms with van der Waals surface area (Å²) in [5.41, 5.74) is 2.58. The molecule has 1 aromatic carbocycles. The molecule has 0 bridgehead atoms. The van der Waals surface area contributed by atoms with Crippen molar-refractivity contribution in [2.45, 2.75) is 26.3 Å². The average Bonchev–Trinajstić information content (AvgIpc) is 3.35. The molecule has 3 aromatic rings. The van der Waals surface area contributed by atoms with E-state index in [-0.39, 0.29) is 6.03 Å². The third-order valence-electron chi connectivity index (χ3n) is 5.22. The number of urea groups is 1. The molecule has 166 valence electrons. The number of nitrogens with zero attached hydrogens (tertiary/aromatic N) is 3. The van der Waals surface area contributed by atoms with Gasteiger partial charge in [0, 0.05) is 31.9 Å². The second-order valence-corrected chi connectivity index (χ2v) is 7.67. The molecule has 1 fully saturated rings. The Balaban J connectivity index is 1.27. The van der Waals surface area contributed by atoms with Crippen molar-refractivity contribution >= 4 is 17.5 Å². The fourth-order valence-corrected chi connectivity index (χ4v) is 3.50. The Hall–Kier alpha value is -3.81. The van der Waals surface area contributed by atoms with E-state index in [9.17, 15) is 4.79 Å². The standard InChI is InChI=1S/C24H27N5O3/c1-17-5-8-20(21(13-17)31-2)32-23-10-7-19(16-26-23)28-24(30)27-15-18-6-9-22(25-14-18)29-11-3-4-12-29/h5-10,13-14,16H,3-4,11-12,15H2,1-2H3,(H2,27,28,30). The number of carbonyl (C=O) groups excluding carboxylic acids is 1. The molecule has 2 N–H and O–H groups in total. The first kappa shape index (κ1) is 21.4. The first-order valence-corrected chi connectivity index (χ1v) is 10.6. The lowest BCUT2D eigenvalue weighted by molar-refractivity contribution is 0.251. The van der Waals surface area contributed by atoms with Crippen molar-refractivity contribution in [1.82, 2.24) is 15.3 Å². The summed E-state index contributed by atoms with van der Waals surface area (Å²) >= 11 is 0. The maximum absolute atomic E-state index is 12.2. The topological polar surface area (TPSA) is 88.6 Å². The highest BCUT2D eigenvalue weighted by atomic mass is 16.5. The van der Waals surface area contributed by atoms with Crippen LogP contribution >= 0.6 is 0 Å². The van der Waals surface area contributed by atoms with Gasteiger partial charge in [-0.25, -0.2) is 14.8 Å². The normalized spacial score (nSPS) is 13.0. The van der Waals surface area contributed by atoms with E-state index in [1.54, 1.807) is 31.6 Å². The number of methoxy groups -OCH3 is 1. The summed E-state index contributed by atoms with van der Waals surface area (Å²) in [6.45, 7) is 4.49. The molecular formula is C24H27N5O3. The van der Waals surface area contributed by atoms with E-state index >= 15 is 0 Å². The Labute approximate surface area is 187 Å². The maximum atomic E-state index is 12.2. The van der Waals surface area contributed by atoms with Gasteiger partial charge in [-0.05, 0) is 55.2 Å². The third kappa shape index (κ3) is 5.46. The predicted molar refractivity (Wildman–Crippen MR) is 124 cm³/mol. The van der Waals surface area contributed by atoms with E-state index < -0.39 is 0 Å². The zero-order chi connectivity index (χ0) is 22.3. The van der Waals surface area contributed by atoms with Crippen LogP contribution in [0.15, 0.2) is 54.9 Å². The number of hydrogen-bond donors (Lipinski definition) is 2. The number of benzene rings is 1. The van der Waals surface area contributed by atoms with Gasteiger partial charge in [-0.15, -0.1) is 0 Å². The highest BCUT2D eigenvalue weighted by molar-refractivity contribution is 5.89. The van der Waals surface area contributed by atoms with Gasteiger partial charge in [0.25, 0.3) is 0 Å². The minimum Gasteiger partial charge on any atom is -0.493 e. The molecule has 0 saturated carbocycles. The van der Waals surface area contributed by atoms with E-state index in [0.29, 0.717) is 29.6 Å². The average molecular weight is 434 g/mol. The zero-order valence-corrected chi connectivity index (χ0v) is 18.3. The minimum absolute atomic E-state index is 0.315. The molecule has 2 aromatic heterocycles. The van der Waals surface area contributed by atoms with Crippen molar-refractivity contribution in [3.8, 4) is 17.4 Å². The van der Waals surface area contributed by atoms with Crippen LogP contribution < -0.4 is 25.0 Å². The largest absolute Gasteiger partial charge is 0.493 e. The Morgan fingerprint density at radius 1 is 1.03 bits per heavy atom. The van der Waals surface area contributed by atoms with Gasteiger partial charge in [-0.1, -0.05) is 12.1 Å². The Morgan fingerprint density at radius 3 is 2.56 bits per heavy atom. The number of aryl methyl sites for hydroxylation is 1. The summed E-state index contributed by atoms with van der Waals surface area (Å²) in [7, 11) is 1.60. The van der Waals surface area contributed by atoms with Crippen LogP contribution in [0.4, 0.5) is 16.3 Å². The molecule has 1 saturated heterocycles. The molecule has 3 heterocycles. The van der Waals surface area contributed by atoms with Crippen molar-refractivity contribution in [2.24, 2.45) is 0 Å². The fourth-order valence-electron chi connectivity index (χ4n) is 3.50. The van der Waals surface area contributed by atoms with Gasteiger partial charge < -0.3 is 25.0 Å². The quantitative estimate of drug-likeness (QED) is 0.570. The van der Waals surface area contributed by atoms with Crippen LogP contribution in [0, 0.1) is 6.92 Å². The third-order valence-corrected chi connectivity index (χ3v) is 5.22. The van der Waals surface area contributed by atoms with E-state index in [0.717, 1.165) is 30.0 Å². The minimum atomic E-state index is -0.315. The molecule has 32 heavy (non-hydrogen) atoms. The Bertz CT molecular complexity index is 1050. The number of anilines is 2. The molecule has 0 aliphatic carbocycles. The Morgan fingerprint density at radius 2 is 1.88 bits per heavy atom. The van der Waals surface area contributed by atoms with Gasteiger partial charge in [0.2, 0.25) is 5.88 Å². The maximum Gasteiger partial charge on any atom is 0.319 e. The van der Waals surface area contributed by atoms with Crippen LogP contribution in [0.1, 0.15) is 24.0 Å². The number of amides is 2. The molecule has 8 heteroatoms. The lowest BCUT2D eigenvalue weighted by Gasteiger charge is -2.16. The van der Waals surface area contributed by atoms with Crippen molar-refractivity contribution in [2.75, 3.05) is 30.4 Å². The first-order valence-electron chi connectivity index (χ1n) is 10.6. The molecule has 0 spiro atoms. The molecule has 4 rings (SSSR count). The van der Waals surface area contributed by atoms with Gasteiger partial charge in [0.1, 0.15) is 5.82 Å². The number of rotatable bonds is 7. The second kappa shape index (κ2) is 10.00. The predicted octanol–water partition coefficient (Wildman–Crippen LogP) is 4.51. The number of ether oxygens (including phenoxy) is 2. The lowest BCUT2D eigenvalue weighted by atomic mass is 10.2. The molecule has 8 nitrogen and oxygen atoms in total. The van der Waals surface area contributed by atoms with Crippen molar-refractivity contribution < 1.29 is 14.3 Å². The van der Waals surface area contributed by atoms with Crippen molar-refractivity contribution in [1.29, 1.82) is 0 Å². The molecule has 0 atom stereocenters. The monoisotopic (exact) mass is 433 g/mol. The van der Waals surface area contributed by atoms with E-state index in [4.69, 9.17) is 9.47 Å². The van der Waals surface area contributed by atoms with Crippen molar-refractivity contribution in [3.05, 3.63) is 66.0 Å². The zero-order valence-electron chi connectivity index (χ0n) is 18.3. The van der Waals surface area contributed by atoms with Gasteiger partial charge in [0.05, 0.1) is 19.0 Å². The molecule has 1 aliphatic rings. The van der Waals surface area contributed by atoms with Crippen LogP contribution in [0.3, 0.4) is 0 Å². The molecule has 2 amide bonds. The number of aromatic nitrogens is 2. The van der Waals surface area contributed by atoms with Gasteiger partial charge in [-0.3, -0.25) is 0 Å². The van der Waals surface area contributed by atoms with E-state index in [1.807, 2.05) is 37.3 Å². The second-order valence-electron chi connectivity index (χ2n) is 7.67. The van der Waals surface area contributed by atoms with Gasteiger partial charge >= 0.3 is 6.03 Å². The SMILES string of the molecule is COc1cc(C)ccc1Oc1ccc(NC(=O)NCc2ccc(N3CCCC3)nc2)cn1. The summed E-state index contributed by atoms with van der Waals surface area (Å²) < 4.78 is 11.1. The molecule has 1 aliphatic heterocycles. The number of pyridine rings is 2. The summed E-state index contributed by atoms with van der Waals surface area (Å²) in [4.78, 5) is 23.3. The molecule has 0 unspecified atom stereocenters. The van der Waals surface area contributed by atoms with Gasteiger partial charge in [0.15, 0.2) is 11.5 Å². The molecular weight excluding hydrogens is 406 g/mol. The smallest absolute Gasteiger partial charge is 0.319 e. The van der Waals surface area contributed by atoms with Crippen LogP contribution in [0.25, 0.3) is 0 Å². The van der Waals surface area contributed by atoms with E-state index in [2.05, 4.69) is 25.5 Å². The highest BCUT2D eigenvalue weighted by Crippen LogP contribution is 2.31. The highest BCUT2D eigenvalue weighted by Gasteiger charge is 2.13. The summed E-state index contributed by atoms with van der Waals surface area (Å²) in [6.07, 6.45) is 5.78. The Kier molecular flexibility index (Phi) is 6.69. The van der Waals surface area contributed by atoms with Gasteiger partial charge in [-0.2, -0.15) is 0 Å². The molecule has 0 radical (unpaired) electrons. The van der Waals surface area contributed by atoms with Crippen LogP contribution in [-0.2, 0) is 6.54 Å². The summed E-state index contributed by atoms with van der Waals surface area (Å²) in [6, 6.07) is 12.8. The van der Waals surface area contributed by atoms with Crippen molar-refractivity contribution in [3.63, 3.8) is 0 Å². The summed E-state index contributed by atoms with van der Waals surface area (Å²) in [5.74, 6) is 2.61. The summed E-state index contributed by atoms with van der Waals surface area (Å²) in [5, 5.41) is 5.60.